The van der Waals surface area contributed by atoms with Crippen molar-refractivity contribution in [3.8, 4) is 0 Å². The van der Waals surface area contributed by atoms with Crippen molar-refractivity contribution < 1.29 is 9.53 Å². The molecule has 96 valence electrons. The van der Waals surface area contributed by atoms with E-state index in [1.807, 2.05) is 20.8 Å². The molecule has 5 heteroatoms. The first kappa shape index (κ1) is 14.5. The van der Waals surface area contributed by atoms with Gasteiger partial charge in [0.1, 0.15) is 5.54 Å². The molecule has 1 N–H and O–H groups in total. The molecule has 17 heavy (non-hydrogen) atoms. The predicted molar refractivity (Wildman–Crippen MR) is 71.6 cm³/mol. The van der Waals surface area contributed by atoms with E-state index >= 15 is 0 Å². The van der Waals surface area contributed by atoms with Crippen molar-refractivity contribution in [2.24, 2.45) is 0 Å². The maximum Gasteiger partial charge on any atom is 0.217 e. The fraction of sp³-hybridized carbons (Fsp3) is 0.583. The summed E-state index contributed by atoms with van der Waals surface area (Å²) in [6, 6.07) is 0. The average molecular weight is 276 g/mol. The number of carbonyl (C=O) groups is 1. The van der Waals surface area contributed by atoms with Crippen molar-refractivity contribution in [3.05, 3.63) is 21.4 Å². The summed E-state index contributed by atoms with van der Waals surface area (Å²) < 4.78 is 5.21. The number of hydrogen-bond acceptors (Lipinski definition) is 3. The minimum atomic E-state index is -0.712. The fourth-order valence-electron chi connectivity index (χ4n) is 2.18. The standard InChI is InChI=1S/C12H18ClNO2S/c1-7-6-17-8(2)10(7)12(4,11(13)16-5)14-9(3)15/h6,11H,1-5H3,(H,14,15)/t11-,12+/m1/s1. The van der Waals surface area contributed by atoms with Crippen molar-refractivity contribution in [3.63, 3.8) is 0 Å². The minimum Gasteiger partial charge on any atom is -0.363 e. The van der Waals surface area contributed by atoms with E-state index in [1.54, 1.807) is 11.3 Å². The van der Waals surface area contributed by atoms with Crippen LogP contribution in [-0.2, 0) is 15.1 Å². The van der Waals surface area contributed by atoms with E-state index in [0.29, 0.717) is 0 Å². The second-order valence-electron chi connectivity index (χ2n) is 4.29. The first-order valence-corrected chi connectivity index (χ1v) is 6.65. The van der Waals surface area contributed by atoms with E-state index < -0.39 is 11.1 Å². The summed E-state index contributed by atoms with van der Waals surface area (Å²) in [5.41, 5.74) is 0.834. The lowest BCUT2D eigenvalue weighted by molar-refractivity contribution is -0.122. The summed E-state index contributed by atoms with van der Waals surface area (Å²) in [7, 11) is 1.54. The molecule has 0 aliphatic heterocycles. The Morgan fingerprint density at radius 2 is 2.18 bits per heavy atom. The molecular weight excluding hydrogens is 258 g/mol. The highest BCUT2D eigenvalue weighted by molar-refractivity contribution is 7.10. The quantitative estimate of drug-likeness (QED) is 0.858. The maximum absolute atomic E-state index is 11.4. The van der Waals surface area contributed by atoms with Crippen molar-refractivity contribution in [1.82, 2.24) is 5.32 Å². The van der Waals surface area contributed by atoms with E-state index in [1.165, 1.54) is 14.0 Å². The number of nitrogens with one attached hydrogen (secondary N) is 1. The van der Waals surface area contributed by atoms with Crippen molar-refractivity contribution in [2.75, 3.05) is 7.11 Å². The second-order valence-corrected chi connectivity index (χ2v) is 5.77. The molecule has 0 aromatic carbocycles. The zero-order valence-electron chi connectivity index (χ0n) is 10.8. The summed E-state index contributed by atoms with van der Waals surface area (Å²) in [6.45, 7) is 7.40. The van der Waals surface area contributed by atoms with Crippen LogP contribution in [0.2, 0.25) is 0 Å². The van der Waals surface area contributed by atoms with E-state index in [4.69, 9.17) is 16.3 Å². The SMILES string of the molecule is CO[C@@H](Cl)[C@@](C)(NC(C)=O)c1c(C)csc1C. The van der Waals surface area contributed by atoms with E-state index in [9.17, 15) is 4.79 Å². The van der Waals surface area contributed by atoms with Crippen LogP contribution in [0.4, 0.5) is 0 Å². The molecule has 3 nitrogen and oxygen atoms in total. The van der Waals surface area contributed by atoms with Crippen LogP contribution in [0.15, 0.2) is 5.38 Å². The summed E-state index contributed by atoms with van der Waals surface area (Å²) >= 11 is 7.87. The molecule has 0 spiro atoms. The van der Waals surface area contributed by atoms with Crippen LogP contribution in [0.1, 0.15) is 29.9 Å². The third kappa shape index (κ3) is 2.81. The van der Waals surface area contributed by atoms with Gasteiger partial charge in [-0.2, -0.15) is 0 Å². The largest absolute Gasteiger partial charge is 0.363 e. The molecule has 0 fully saturated rings. The van der Waals surface area contributed by atoms with Crippen LogP contribution >= 0.6 is 22.9 Å². The molecule has 1 aromatic rings. The molecular formula is C12H18ClNO2S. The molecule has 1 aromatic heterocycles. The molecule has 0 saturated heterocycles. The third-order valence-corrected chi connectivity index (χ3v) is 4.42. The molecule has 2 atom stereocenters. The van der Waals surface area contributed by atoms with Gasteiger partial charge in [-0.25, -0.2) is 0 Å². The molecule has 0 unspecified atom stereocenters. The second kappa shape index (κ2) is 5.38. The summed E-state index contributed by atoms with van der Waals surface area (Å²) in [5, 5.41) is 4.96. The Bertz CT molecular complexity index is 399. The van der Waals surface area contributed by atoms with Gasteiger partial charge in [-0.15, -0.1) is 11.3 Å². The molecule has 0 aliphatic carbocycles. The van der Waals surface area contributed by atoms with Gasteiger partial charge in [0.25, 0.3) is 0 Å². The highest BCUT2D eigenvalue weighted by Crippen LogP contribution is 2.36. The number of aryl methyl sites for hydroxylation is 2. The Kier molecular flexibility index (Phi) is 4.58. The zero-order chi connectivity index (χ0) is 13.2. The van der Waals surface area contributed by atoms with Crippen molar-refractivity contribution >= 4 is 28.8 Å². The van der Waals surface area contributed by atoms with E-state index in [2.05, 4.69) is 10.7 Å². The Hall–Kier alpha value is -0.580. The summed E-state index contributed by atoms with van der Waals surface area (Å²) in [5.74, 6) is -0.125. The van der Waals surface area contributed by atoms with Crippen LogP contribution in [0.5, 0.6) is 0 Å². The number of rotatable bonds is 4. The van der Waals surface area contributed by atoms with Gasteiger partial charge in [0.2, 0.25) is 5.91 Å². The Balaban J connectivity index is 3.28. The van der Waals surface area contributed by atoms with Crippen LogP contribution in [0.25, 0.3) is 0 Å². The van der Waals surface area contributed by atoms with Gasteiger partial charge in [0.05, 0.1) is 0 Å². The number of thiophene rings is 1. The number of alkyl halides is 1. The first-order valence-electron chi connectivity index (χ1n) is 5.33. The number of halogens is 1. The van der Waals surface area contributed by atoms with Gasteiger partial charge in [-0.3, -0.25) is 4.79 Å². The lowest BCUT2D eigenvalue weighted by Crippen LogP contribution is -2.50. The molecule has 0 aliphatic rings. The molecule has 0 bridgehead atoms. The Morgan fingerprint density at radius 3 is 2.53 bits per heavy atom. The van der Waals surface area contributed by atoms with Crippen LogP contribution in [0.3, 0.4) is 0 Å². The van der Waals surface area contributed by atoms with E-state index in [0.717, 1.165) is 16.0 Å². The first-order chi connectivity index (χ1) is 7.82. The van der Waals surface area contributed by atoms with Crippen molar-refractivity contribution in [2.45, 2.75) is 38.8 Å². The van der Waals surface area contributed by atoms with Gasteiger partial charge in [0.15, 0.2) is 5.56 Å². The van der Waals surface area contributed by atoms with Crippen LogP contribution < -0.4 is 5.32 Å². The monoisotopic (exact) mass is 275 g/mol. The number of hydrogen-bond donors (Lipinski definition) is 1. The van der Waals surface area contributed by atoms with Crippen LogP contribution in [-0.4, -0.2) is 18.6 Å². The topological polar surface area (TPSA) is 38.3 Å². The molecule has 1 rings (SSSR count). The molecule has 0 saturated carbocycles. The predicted octanol–water partition coefficient (Wildman–Crippen LogP) is 2.93. The highest BCUT2D eigenvalue weighted by atomic mass is 35.5. The summed E-state index contributed by atoms with van der Waals surface area (Å²) in [4.78, 5) is 12.5. The smallest absolute Gasteiger partial charge is 0.217 e. The Morgan fingerprint density at radius 1 is 1.59 bits per heavy atom. The van der Waals surface area contributed by atoms with Gasteiger partial charge < -0.3 is 10.1 Å². The van der Waals surface area contributed by atoms with Gasteiger partial charge in [0, 0.05) is 18.9 Å². The summed E-state index contributed by atoms with van der Waals surface area (Å²) in [6.07, 6.45) is 0. The number of methoxy groups -OCH3 is 1. The fourth-order valence-corrected chi connectivity index (χ4v) is 3.31. The van der Waals surface area contributed by atoms with Crippen molar-refractivity contribution in [1.29, 1.82) is 0 Å². The maximum atomic E-state index is 11.4. The average Bonchev–Trinajstić information content (AvgIpc) is 2.56. The van der Waals surface area contributed by atoms with Gasteiger partial charge in [-0.1, -0.05) is 11.6 Å². The van der Waals surface area contributed by atoms with Gasteiger partial charge in [-0.05, 0) is 37.3 Å². The molecule has 1 amide bonds. The number of ether oxygens (including phenoxy) is 1. The third-order valence-electron chi connectivity index (χ3n) is 2.77. The molecule has 1 heterocycles. The minimum absolute atomic E-state index is 0.125. The number of carbonyl (C=O) groups excluding carboxylic acids is 1. The number of amides is 1. The highest BCUT2D eigenvalue weighted by Gasteiger charge is 2.39. The lowest BCUT2D eigenvalue weighted by atomic mass is 9.90. The van der Waals surface area contributed by atoms with Crippen LogP contribution in [0, 0.1) is 13.8 Å². The lowest BCUT2D eigenvalue weighted by Gasteiger charge is -2.35. The molecule has 0 radical (unpaired) electrons. The normalized spacial score (nSPS) is 16.4. The zero-order valence-corrected chi connectivity index (χ0v) is 12.3. The van der Waals surface area contributed by atoms with E-state index in [-0.39, 0.29) is 5.91 Å². The van der Waals surface area contributed by atoms with Gasteiger partial charge >= 0.3 is 0 Å². The Labute approximate surface area is 111 Å².